The molecule has 0 bridgehead atoms. The van der Waals surface area contributed by atoms with Crippen LogP contribution in [0.15, 0.2) is 18.3 Å². The molecule has 0 saturated heterocycles. The summed E-state index contributed by atoms with van der Waals surface area (Å²) < 4.78 is 23.6. The van der Waals surface area contributed by atoms with Gasteiger partial charge < -0.3 is 4.90 Å². The zero-order chi connectivity index (χ0) is 12.8. The predicted octanol–water partition coefficient (Wildman–Crippen LogP) is 0.548. The third-order valence-electron chi connectivity index (χ3n) is 3.39. The second kappa shape index (κ2) is 4.05. The Morgan fingerprint density at radius 2 is 2.22 bits per heavy atom. The molecule has 0 aromatic carbocycles. The summed E-state index contributed by atoms with van der Waals surface area (Å²) >= 11 is 0. The topological polar surface area (TPSA) is 67.3 Å². The quantitative estimate of drug-likeness (QED) is 0.801. The fourth-order valence-electron chi connectivity index (χ4n) is 2.26. The van der Waals surface area contributed by atoms with E-state index >= 15 is 0 Å². The van der Waals surface area contributed by atoms with Crippen LogP contribution in [0.25, 0.3) is 0 Å². The smallest absolute Gasteiger partial charge is 0.242 e. The van der Waals surface area contributed by atoms with Crippen LogP contribution in [0.5, 0.6) is 0 Å². The number of anilines is 1. The summed E-state index contributed by atoms with van der Waals surface area (Å²) in [6.45, 7) is 0.533. The maximum absolute atomic E-state index is 12.1. The zero-order valence-corrected chi connectivity index (χ0v) is 10.7. The molecule has 96 valence electrons. The lowest BCUT2D eigenvalue weighted by Gasteiger charge is -2.16. The van der Waals surface area contributed by atoms with Gasteiger partial charge in [0.05, 0.1) is 16.6 Å². The van der Waals surface area contributed by atoms with E-state index in [9.17, 15) is 13.2 Å². The molecule has 1 aromatic rings. The van der Waals surface area contributed by atoms with Gasteiger partial charge in [0.15, 0.2) is 9.84 Å². The molecule has 1 aliphatic carbocycles. The Kier molecular flexibility index (Phi) is 2.62. The van der Waals surface area contributed by atoms with Crippen molar-refractivity contribution in [2.75, 3.05) is 17.2 Å². The maximum Gasteiger partial charge on any atom is 0.242 e. The maximum atomic E-state index is 12.1. The monoisotopic (exact) mass is 266 g/mol. The number of hydrogen-bond acceptors (Lipinski definition) is 4. The Labute approximate surface area is 106 Å². The number of pyridine rings is 1. The third kappa shape index (κ3) is 2.01. The van der Waals surface area contributed by atoms with E-state index in [0.717, 1.165) is 11.4 Å². The molecule has 1 amide bonds. The number of carbonyl (C=O) groups excluding carboxylic acids is 1. The number of nitrogens with zero attached hydrogens (tertiary/aromatic N) is 2. The van der Waals surface area contributed by atoms with Crippen molar-refractivity contribution >= 4 is 21.4 Å². The van der Waals surface area contributed by atoms with E-state index in [-0.39, 0.29) is 16.9 Å². The molecule has 0 unspecified atom stereocenters. The third-order valence-corrected chi connectivity index (χ3v) is 5.52. The number of aromatic nitrogens is 1. The molecule has 0 spiro atoms. The number of amides is 1. The number of hydrogen-bond donors (Lipinski definition) is 0. The van der Waals surface area contributed by atoms with Crippen LogP contribution in [0.4, 0.5) is 5.69 Å². The van der Waals surface area contributed by atoms with E-state index in [4.69, 9.17) is 0 Å². The molecule has 5 nitrogen and oxygen atoms in total. The second-order valence-electron chi connectivity index (χ2n) is 4.77. The molecular weight excluding hydrogens is 252 g/mol. The van der Waals surface area contributed by atoms with E-state index in [1.165, 1.54) is 0 Å². The normalized spacial score (nSPS) is 18.8. The van der Waals surface area contributed by atoms with Crippen molar-refractivity contribution in [1.29, 1.82) is 0 Å². The molecule has 1 fully saturated rings. The van der Waals surface area contributed by atoms with Crippen molar-refractivity contribution in [2.45, 2.75) is 24.5 Å². The van der Waals surface area contributed by atoms with Crippen molar-refractivity contribution < 1.29 is 13.2 Å². The molecule has 1 saturated carbocycles. The minimum atomic E-state index is -3.24. The molecule has 18 heavy (non-hydrogen) atoms. The fourth-order valence-corrected chi connectivity index (χ4v) is 3.85. The molecule has 6 heteroatoms. The first-order valence-corrected chi connectivity index (χ1v) is 7.75. The minimum absolute atomic E-state index is 0.280. The van der Waals surface area contributed by atoms with Crippen LogP contribution < -0.4 is 4.90 Å². The van der Waals surface area contributed by atoms with Crippen LogP contribution in [0.3, 0.4) is 0 Å². The number of fused-ring (bicyclic) bond motifs is 1. The van der Waals surface area contributed by atoms with Gasteiger partial charge in [-0.05, 0) is 25.0 Å². The van der Waals surface area contributed by atoms with Crippen LogP contribution >= 0.6 is 0 Å². The summed E-state index contributed by atoms with van der Waals surface area (Å²) in [5, 5.41) is -0.280. The summed E-state index contributed by atoms with van der Waals surface area (Å²) in [5.74, 6) is -0.694. The fraction of sp³-hybridized carbons (Fsp3) is 0.500. The van der Waals surface area contributed by atoms with Crippen molar-refractivity contribution in [3.63, 3.8) is 0 Å². The predicted molar refractivity (Wildman–Crippen MR) is 67.1 cm³/mol. The Bertz CT molecular complexity index is 593. The van der Waals surface area contributed by atoms with Crippen LogP contribution in [0, 0.1) is 0 Å². The first-order valence-electron chi connectivity index (χ1n) is 6.04. The van der Waals surface area contributed by atoms with Gasteiger partial charge in [-0.3, -0.25) is 9.78 Å². The lowest BCUT2D eigenvalue weighted by Crippen LogP contribution is -2.35. The van der Waals surface area contributed by atoms with Gasteiger partial charge in [-0.1, -0.05) is 0 Å². The first kappa shape index (κ1) is 11.6. The molecule has 0 radical (unpaired) electrons. The summed E-state index contributed by atoms with van der Waals surface area (Å²) in [7, 11) is -3.24. The average molecular weight is 266 g/mol. The van der Waals surface area contributed by atoms with Crippen molar-refractivity contribution in [2.24, 2.45) is 0 Å². The van der Waals surface area contributed by atoms with Gasteiger partial charge in [0.2, 0.25) is 5.91 Å². The summed E-state index contributed by atoms with van der Waals surface area (Å²) in [4.78, 5) is 17.8. The molecule has 1 aliphatic heterocycles. The van der Waals surface area contributed by atoms with Gasteiger partial charge in [0.25, 0.3) is 0 Å². The highest BCUT2D eigenvalue weighted by molar-refractivity contribution is 7.93. The second-order valence-corrected chi connectivity index (χ2v) is 7.05. The van der Waals surface area contributed by atoms with Gasteiger partial charge in [0, 0.05) is 19.2 Å². The summed E-state index contributed by atoms with van der Waals surface area (Å²) in [6.07, 6.45) is 3.79. The highest BCUT2D eigenvalue weighted by atomic mass is 32.2. The Hall–Kier alpha value is -1.43. The summed E-state index contributed by atoms with van der Waals surface area (Å²) in [6, 6.07) is 3.58. The summed E-state index contributed by atoms with van der Waals surface area (Å²) in [5.41, 5.74) is 1.63. The van der Waals surface area contributed by atoms with Crippen LogP contribution in [0.1, 0.15) is 18.5 Å². The lowest BCUT2D eigenvalue weighted by atomic mass is 10.3. The Morgan fingerprint density at radius 1 is 1.44 bits per heavy atom. The van der Waals surface area contributed by atoms with Crippen molar-refractivity contribution in [3.8, 4) is 0 Å². The largest absolute Gasteiger partial charge is 0.309 e. The molecule has 1 aromatic heterocycles. The van der Waals surface area contributed by atoms with Crippen LogP contribution in [-0.4, -0.2) is 36.9 Å². The van der Waals surface area contributed by atoms with Crippen LogP contribution in [-0.2, 0) is 21.1 Å². The molecule has 3 rings (SSSR count). The highest BCUT2D eigenvalue weighted by Crippen LogP contribution is 2.30. The minimum Gasteiger partial charge on any atom is -0.309 e. The van der Waals surface area contributed by atoms with E-state index in [2.05, 4.69) is 4.98 Å². The lowest BCUT2D eigenvalue weighted by molar-refractivity contribution is -0.116. The Morgan fingerprint density at radius 3 is 2.94 bits per heavy atom. The van der Waals surface area contributed by atoms with Crippen molar-refractivity contribution in [3.05, 3.63) is 24.0 Å². The molecule has 2 heterocycles. The molecule has 2 aliphatic rings. The van der Waals surface area contributed by atoms with E-state index in [0.29, 0.717) is 25.8 Å². The van der Waals surface area contributed by atoms with Gasteiger partial charge in [-0.2, -0.15) is 0 Å². The molecule has 0 atom stereocenters. The van der Waals surface area contributed by atoms with E-state index in [1.54, 1.807) is 17.2 Å². The zero-order valence-electron chi connectivity index (χ0n) is 9.87. The van der Waals surface area contributed by atoms with Crippen molar-refractivity contribution in [1.82, 2.24) is 4.98 Å². The standard InChI is InChI=1S/C12H14N2O3S/c15-12(8-18(16,17)9-3-4-9)14-7-5-10-11(14)2-1-6-13-10/h1-2,6,9H,3-5,7-8H2. The van der Waals surface area contributed by atoms with Gasteiger partial charge in [0.1, 0.15) is 5.75 Å². The highest BCUT2D eigenvalue weighted by Gasteiger charge is 2.38. The van der Waals surface area contributed by atoms with E-state index < -0.39 is 9.84 Å². The van der Waals surface area contributed by atoms with Gasteiger partial charge in [-0.25, -0.2) is 8.42 Å². The first-order chi connectivity index (χ1) is 8.58. The number of sulfone groups is 1. The molecule has 0 N–H and O–H groups in total. The van der Waals surface area contributed by atoms with E-state index in [1.807, 2.05) is 6.07 Å². The van der Waals surface area contributed by atoms with Crippen LogP contribution in [0.2, 0.25) is 0 Å². The van der Waals surface area contributed by atoms with Gasteiger partial charge >= 0.3 is 0 Å². The number of rotatable bonds is 3. The Balaban J connectivity index is 1.79. The average Bonchev–Trinajstić information content (AvgIpc) is 3.09. The van der Waals surface area contributed by atoms with Gasteiger partial charge in [-0.15, -0.1) is 0 Å². The SMILES string of the molecule is O=C(CS(=O)(=O)C1CC1)N1CCc2ncccc21. The number of carbonyl (C=O) groups is 1. The molecular formula is C12H14N2O3S.